The summed E-state index contributed by atoms with van der Waals surface area (Å²) in [5, 5.41) is 3.02. The number of amides is 1. The molecule has 7 nitrogen and oxygen atoms in total. The summed E-state index contributed by atoms with van der Waals surface area (Å²) in [7, 11) is 1.62. The van der Waals surface area contributed by atoms with E-state index in [0.717, 1.165) is 22.6 Å². The van der Waals surface area contributed by atoms with E-state index in [-0.39, 0.29) is 11.8 Å². The van der Waals surface area contributed by atoms with Crippen molar-refractivity contribution in [1.82, 2.24) is 5.32 Å². The van der Waals surface area contributed by atoms with E-state index in [1.165, 1.54) is 0 Å². The Balaban J connectivity index is 1.70. The fraction of sp³-hybridized carbons (Fsp3) is 0.458. The van der Waals surface area contributed by atoms with Crippen molar-refractivity contribution in [3.8, 4) is 28.7 Å². The van der Waals surface area contributed by atoms with Crippen LogP contribution >= 0.6 is 0 Å². The van der Waals surface area contributed by atoms with Gasteiger partial charge in [-0.1, -0.05) is 0 Å². The normalized spacial score (nSPS) is 14.8. The van der Waals surface area contributed by atoms with Gasteiger partial charge in [-0.25, -0.2) is 0 Å². The maximum absolute atomic E-state index is 12.8. The third-order valence-electron chi connectivity index (χ3n) is 4.98. The van der Waals surface area contributed by atoms with Gasteiger partial charge in [0.05, 0.1) is 32.8 Å². The Morgan fingerprint density at radius 2 is 1.71 bits per heavy atom. The van der Waals surface area contributed by atoms with Gasteiger partial charge in [0.1, 0.15) is 18.1 Å². The number of nitrogens with one attached hydrogen (secondary N) is 1. The highest BCUT2D eigenvalue weighted by molar-refractivity contribution is 5.79. The summed E-state index contributed by atoms with van der Waals surface area (Å²) in [5.74, 6) is 3.05. The van der Waals surface area contributed by atoms with Gasteiger partial charge in [0.2, 0.25) is 11.7 Å². The molecule has 0 fully saturated rings. The summed E-state index contributed by atoms with van der Waals surface area (Å²) in [6.07, 6.45) is 0.607. The molecule has 1 heterocycles. The smallest absolute Gasteiger partial charge is 0.227 e. The molecule has 0 unspecified atom stereocenters. The number of benzene rings is 2. The van der Waals surface area contributed by atoms with Crippen LogP contribution in [0.3, 0.4) is 0 Å². The van der Waals surface area contributed by atoms with E-state index < -0.39 is 0 Å². The van der Waals surface area contributed by atoms with Gasteiger partial charge in [-0.15, -0.1) is 0 Å². The number of ether oxygens (including phenoxy) is 5. The summed E-state index contributed by atoms with van der Waals surface area (Å²) in [6.45, 7) is 7.97. The first-order chi connectivity index (χ1) is 15.1. The Hall–Kier alpha value is -3.09. The maximum Gasteiger partial charge on any atom is 0.227 e. The molecule has 0 aromatic heterocycles. The highest BCUT2D eigenvalue weighted by Gasteiger charge is 2.26. The number of carbonyl (C=O) groups excluding carboxylic acids is 1. The molecule has 0 saturated carbocycles. The van der Waals surface area contributed by atoms with Gasteiger partial charge in [-0.2, -0.15) is 0 Å². The van der Waals surface area contributed by atoms with Crippen LogP contribution in [0, 0.1) is 5.92 Å². The standard InChI is InChI=1S/C24H31NO6/c1-5-28-21-10-16(11-22(29-6-2)23(21)30-7-3)14-25-24(26)18-12-17-13-19(27-4)8-9-20(17)31-15-18/h8-11,13,18H,5-7,12,14-15H2,1-4H3,(H,25,26)/t18-/m0/s1. The first-order valence-corrected chi connectivity index (χ1v) is 10.7. The highest BCUT2D eigenvalue weighted by atomic mass is 16.5. The van der Waals surface area contributed by atoms with Gasteiger partial charge in [0, 0.05) is 6.54 Å². The Kier molecular flexibility index (Phi) is 7.87. The summed E-state index contributed by atoms with van der Waals surface area (Å²) in [4.78, 5) is 12.8. The number of fused-ring (bicyclic) bond motifs is 1. The molecule has 7 heteroatoms. The molecular formula is C24H31NO6. The Morgan fingerprint density at radius 3 is 2.32 bits per heavy atom. The van der Waals surface area contributed by atoms with Gasteiger partial charge in [0.25, 0.3) is 0 Å². The zero-order valence-corrected chi connectivity index (χ0v) is 18.7. The van der Waals surface area contributed by atoms with Gasteiger partial charge >= 0.3 is 0 Å². The van der Waals surface area contributed by atoms with E-state index >= 15 is 0 Å². The number of hydrogen-bond donors (Lipinski definition) is 1. The van der Waals surface area contributed by atoms with Crippen molar-refractivity contribution in [2.24, 2.45) is 5.92 Å². The second-order valence-corrected chi connectivity index (χ2v) is 7.12. The molecular weight excluding hydrogens is 398 g/mol. The third kappa shape index (κ3) is 5.54. The molecule has 1 N–H and O–H groups in total. The molecule has 2 aromatic carbocycles. The minimum absolute atomic E-state index is 0.0572. The summed E-state index contributed by atoms with van der Waals surface area (Å²) in [6, 6.07) is 9.43. The monoisotopic (exact) mass is 429 g/mol. The number of carbonyl (C=O) groups is 1. The first-order valence-electron chi connectivity index (χ1n) is 10.7. The molecule has 1 aliphatic rings. The van der Waals surface area contributed by atoms with E-state index in [9.17, 15) is 4.79 Å². The number of methoxy groups -OCH3 is 1. The molecule has 0 radical (unpaired) electrons. The van der Waals surface area contributed by atoms with Crippen LogP contribution in [0.5, 0.6) is 28.7 Å². The molecule has 0 bridgehead atoms. The Bertz CT molecular complexity index is 871. The van der Waals surface area contributed by atoms with Crippen molar-refractivity contribution in [3.63, 3.8) is 0 Å². The molecule has 2 aromatic rings. The SMILES string of the molecule is CCOc1cc(CNC(=O)[C@@H]2COc3ccc(OC)cc3C2)cc(OCC)c1OCC. The predicted molar refractivity (Wildman–Crippen MR) is 117 cm³/mol. The van der Waals surface area contributed by atoms with Crippen LogP contribution in [-0.2, 0) is 17.8 Å². The van der Waals surface area contributed by atoms with Crippen molar-refractivity contribution in [2.45, 2.75) is 33.7 Å². The van der Waals surface area contributed by atoms with Crippen LogP contribution in [-0.4, -0.2) is 39.4 Å². The van der Waals surface area contributed by atoms with Crippen molar-refractivity contribution in [3.05, 3.63) is 41.5 Å². The lowest BCUT2D eigenvalue weighted by molar-refractivity contribution is -0.126. The number of hydrogen-bond acceptors (Lipinski definition) is 6. The van der Waals surface area contributed by atoms with Crippen molar-refractivity contribution < 1.29 is 28.5 Å². The zero-order valence-electron chi connectivity index (χ0n) is 18.7. The second kappa shape index (κ2) is 10.8. The van der Waals surface area contributed by atoms with Crippen LogP contribution in [0.25, 0.3) is 0 Å². The molecule has 1 amide bonds. The fourth-order valence-electron chi connectivity index (χ4n) is 3.54. The second-order valence-electron chi connectivity index (χ2n) is 7.12. The molecule has 0 saturated heterocycles. The van der Waals surface area contributed by atoms with Gasteiger partial charge in [-0.05, 0) is 68.7 Å². The average molecular weight is 430 g/mol. The molecule has 3 rings (SSSR count). The minimum Gasteiger partial charge on any atom is -0.497 e. The van der Waals surface area contributed by atoms with Crippen LogP contribution in [0.2, 0.25) is 0 Å². The van der Waals surface area contributed by atoms with Crippen LogP contribution in [0.15, 0.2) is 30.3 Å². The van der Waals surface area contributed by atoms with Gasteiger partial charge < -0.3 is 29.0 Å². The van der Waals surface area contributed by atoms with E-state index in [2.05, 4.69) is 5.32 Å². The number of rotatable bonds is 10. The quantitative estimate of drug-likeness (QED) is 0.620. The molecule has 0 aliphatic carbocycles. The molecule has 1 atom stereocenters. The van der Waals surface area contributed by atoms with Gasteiger partial charge in [0.15, 0.2) is 11.5 Å². The first kappa shape index (κ1) is 22.6. The molecule has 1 aliphatic heterocycles. The summed E-state index contributed by atoms with van der Waals surface area (Å²) in [5.41, 5.74) is 1.85. The molecule has 168 valence electrons. The lowest BCUT2D eigenvalue weighted by Gasteiger charge is -2.25. The van der Waals surface area contributed by atoms with E-state index in [1.54, 1.807) is 7.11 Å². The largest absolute Gasteiger partial charge is 0.497 e. The average Bonchev–Trinajstić information content (AvgIpc) is 2.79. The predicted octanol–water partition coefficient (Wildman–Crippen LogP) is 3.76. The van der Waals surface area contributed by atoms with E-state index in [0.29, 0.717) is 56.6 Å². The zero-order chi connectivity index (χ0) is 22.2. The fourth-order valence-corrected chi connectivity index (χ4v) is 3.54. The van der Waals surface area contributed by atoms with Gasteiger partial charge in [-0.3, -0.25) is 4.79 Å². The lowest BCUT2D eigenvalue weighted by Crippen LogP contribution is -2.37. The lowest BCUT2D eigenvalue weighted by atomic mass is 9.95. The summed E-state index contributed by atoms with van der Waals surface area (Å²) >= 11 is 0. The minimum atomic E-state index is -0.264. The molecule has 31 heavy (non-hydrogen) atoms. The molecule has 0 spiro atoms. The van der Waals surface area contributed by atoms with Crippen LogP contribution in [0.1, 0.15) is 31.9 Å². The van der Waals surface area contributed by atoms with Crippen molar-refractivity contribution in [1.29, 1.82) is 0 Å². The van der Waals surface area contributed by atoms with Crippen molar-refractivity contribution in [2.75, 3.05) is 33.5 Å². The Labute approximate surface area is 183 Å². The summed E-state index contributed by atoms with van der Waals surface area (Å²) < 4.78 is 28.3. The Morgan fingerprint density at radius 1 is 1.03 bits per heavy atom. The van der Waals surface area contributed by atoms with E-state index in [4.69, 9.17) is 23.7 Å². The maximum atomic E-state index is 12.8. The third-order valence-corrected chi connectivity index (χ3v) is 4.98. The van der Waals surface area contributed by atoms with E-state index in [1.807, 2.05) is 51.1 Å². The van der Waals surface area contributed by atoms with Crippen LogP contribution < -0.4 is 29.0 Å². The van der Waals surface area contributed by atoms with Crippen molar-refractivity contribution >= 4 is 5.91 Å². The van der Waals surface area contributed by atoms with Crippen LogP contribution in [0.4, 0.5) is 0 Å². The topological polar surface area (TPSA) is 75.3 Å². The highest BCUT2D eigenvalue weighted by Crippen LogP contribution is 2.39.